The van der Waals surface area contributed by atoms with E-state index in [1.807, 2.05) is 0 Å². The first-order valence-corrected chi connectivity index (χ1v) is 13.2. The van der Waals surface area contributed by atoms with Gasteiger partial charge in [-0.25, -0.2) is 24.2 Å². The molecule has 1 amide bonds. The van der Waals surface area contributed by atoms with Gasteiger partial charge in [-0.2, -0.15) is 0 Å². The van der Waals surface area contributed by atoms with Gasteiger partial charge in [-0.3, -0.25) is 4.79 Å². The van der Waals surface area contributed by atoms with E-state index in [9.17, 15) is 24.0 Å². The molecule has 224 valence electrons. The van der Waals surface area contributed by atoms with Crippen molar-refractivity contribution in [1.29, 1.82) is 0 Å². The number of carboxylic acid groups (broad SMARTS) is 3. The van der Waals surface area contributed by atoms with Gasteiger partial charge in [0.05, 0.1) is 33.3 Å². The number of hydrogen-bond donors (Lipinski definition) is 4. The Balaban J connectivity index is 0.000000205. The summed E-state index contributed by atoms with van der Waals surface area (Å²) in [6.45, 7) is 0. The van der Waals surface area contributed by atoms with Gasteiger partial charge < -0.3 is 25.1 Å². The average Bonchev–Trinajstić information content (AvgIpc) is 3.03. The highest BCUT2D eigenvalue weighted by Gasteiger charge is 2.11. The van der Waals surface area contributed by atoms with Crippen LogP contribution in [0.5, 0.6) is 0 Å². The number of nitrogens with one attached hydrogen (secondary N) is 1. The lowest BCUT2D eigenvalue weighted by atomic mass is 10.1. The molecule has 0 fully saturated rings. The van der Waals surface area contributed by atoms with Crippen LogP contribution in [0.25, 0.3) is 29.1 Å². The third-order valence-electron chi connectivity index (χ3n) is 6.17. The van der Waals surface area contributed by atoms with Gasteiger partial charge in [0, 0.05) is 12.2 Å². The summed E-state index contributed by atoms with van der Waals surface area (Å²) in [4.78, 5) is 61.3. The normalized spacial score (nSPS) is 10.8. The third kappa shape index (κ3) is 8.23. The van der Waals surface area contributed by atoms with Crippen LogP contribution in [-0.2, 0) is 4.79 Å². The minimum atomic E-state index is -1.15. The van der Waals surface area contributed by atoms with Crippen LogP contribution in [0.4, 0.5) is 5.69 Å². The summed E-state index contributed by atoms with van der Waals surface area (Å²) in [5.74, 6) is -3.70. The summed E-state index contributed by atoms with van der Waals surface area (Å²) in [5, 5.41) is 30.1. The summed E-state index contributed by atoms with van der Waals surface area (Å²) in [7, 11) is 0. The quantitative estimate of drug-likeness (QED) is 0.158. The van der Waals surface area contributed by atoms with Gasteiger partial charge in [-0.15, -0.1) is 0 Å². The van der Waals surface area contributed by atoms with Gasteiger partial charge in [0.1, 0.15) is 0 Å². The molecular formula is C34H24N2O9. The molecule has 0 aliphatic carbocycles. The molecule has 1 aromatic heterocycles. The zero-order chi connectivity index (χ0) is 32.3. The minimum Gasteiger partial charge on any atom is -0.478 e. The molecule has 11 heteroatoms. The molecular weight excluding hydrogens is 580 g/mol. The zero-order valence-corrected chi connectivity index (χ0v) is 23.3. The largest absolute Gasteiger partial charge is 0.478 e. The number of carboxylic acids is 3. The maximum absolute atomic E-state index is 11.9. The maximum Gasteiger partial charge on any atom is 0.347 e. The number of anilines is 1. The van der Waals surface area contributed by atoms with Crippen LogP contribution >= 0.6 is 0 Å². The Morgan fingerprint density at radius 2 is 1.13 bits per heavy atom. The second-order valence-electron chi connectivity index (χ2n) is 9.15. The fourth-order valence-electron chi connectivity index (χ4n) is 4.06. The molecule has 0 bridgehead atoms. The lowest BCUT2D eigenvalue weighted by Crippen LogP contribution is -2.12. The lowest BCUT2D eigenvalue weighted by molar-refractivity contribution is -0.111. The Kier molecular flexibility index (Phi) is 10.1. The topological polar surface area (TPSA) is 184 Å². The molecule has 4 N–H and O–H groups in total. The zero-order valence-electron chi connectivity index (χ0n) is 23.3. The predicted octanol–water partition coefficient (Wildman–Crippen LogP) is 5.79. The van der Waals surface area contributed by atoms with Crippen molar-refractivity contribution in [3.05, 3.63) is 147 Å². The van der Waals surface area contributed by atoms with Crippen LogP contribution < -0.4 is 10.9 Å². The summed E-state index contributed by atoms with van der Waals surface area (Å²) in [6, 6.07) is 25.7. The second-order valence-corrected chi connectivity index (χ2v) is 9.15. The molecule has 45 heavy (non-hydrogen) atoms. The van der Waals surface area contributed by atoms with E-state index in [4.69, 9.17) is 19.7 Å². The van der Waals surface area contributed by atoms with Crippen LogP contribution in [0.1, 0.15) is 48.1 Å². The highest BCUT2D eigenvalue weighted by molar-refractivity contribution is 6.06. The highest BCUT2D eigenvalue weighted by atomic mass is 16.4. The fourth-order valence-corrected chi connectivity index (χ4v) is 4.06. The molecule has 0 aliphatic rings. The van der Waals surface area contributed by atoms with Gasteiger partial charge in [0.25, 0.3) is 0 Å². The molecule has 0 aliphatic heterocycles. The van der Waals surface area contributed by atoms with Crippen molar-refractivity contribution in [2.24, 2.45) is 0 Å². The molecule has 1 heterocycles. The van der Waals surface area contributed by atoms with Crippen molar-refractivity contribution in [1.82, 2.24) is 4.98 Å². The van der Waals surface area contributed by atoms with Gasteiger partial charge in [0.2, 0.25) is 11.8 Å². The Bertz CT molecular complexity index is 2030. The molecule has 0 atom stereocenters. The number of carbonyl (C=O) groups excluding carboxylic acids is 1. The first-order valence-electron chi connectivity index (χ1n) is 13.2. The second kappa shape index (κ2) is 14.5. The summed E-state index contributed by atoms with van der Waals surface area (Å²) in [5.41, 5.74) is 1.32. The Morgan fingerprint density at radius 3 is 1.76 bits per heavy atom. The first-order chi connectivity index (χ1) is 21.6. The lowest BCUT2D eigenvalue weighted by Gasteiger charge is -2.06. The number of aromatic nitrogens is 1. The van der Waals surface area contributed by atoms with Crippen molar-refractivity contribution in [2.75, 3.05) is 5.32 Å². The molecule has 0 spiro atoms. The summed E-state index contributed by atoms with van der Waals surface area (Å²) < 4.78 is 5.11. The van der Waals surface area contributed by atoms with Crippen molar-refractivity contribution in [3.8, 4) is 0 Å². The summed E-state index contributed by atoms with van der Waals surface area (Å²) in [6.07, 6.45) is 5.56. The standard InChI is InChI=1S/C17H13NO5.C17H11NO4/c19-15(18-14-8-4-3-7-13(14)17(22)23)10-9-11-5-1-2-6-12(11)16(20)21;19-16(20)12-6-2-1-5-11(12)9-10-15-18-14-8-4-3-7-13(14)17(21)22-15/h1-10H,(H,18,19)(H,20,21)(H,22,23);1-10H,(H,19,20)/b2*10-9+. The van der Waals surface area contributed by atoms with Crippen molar-refractivity contribution in [3.63, 3.8) is 0 Å². The summed E-state index contributed by atoms with van der Waals surface area (Å²) >= 11 is 0. The van der Waals surface area contributed by atoms with Crippen LogP contribution in [0.3, 0.4) is 0 Å². The van der Waals surface area contributed by atoms with Crippen LogP contribution in [0, 0.1) is 0 Å². The number of para-hydroxylation sites is 2. The molecule has 5 aromatic rings. The van der Waals surface area contributed by atoms with E-state index in [2.05, 4.69) is 10.3 Å². The molecule has 0 radical (unpaired) electrons. The number of benzene rings is 4. The number of rotatable bonds is 8. The molecule has 0 unspecified atom stereocenters. The number of nitrogens with zero attached hydrogens (tertiary/aromatic N) is 1. The molecule has 11 nitrogen and oxygen atoms in total. The highest BCUT2D eigenvalue weighted by Crippen LogP contribution is 2.16. The Labute approximate surface area is 255 Å². The number of aromatic carboxylic acids is 3. The van der Waals surface area contributed by atoms with Crippen molar-refractivity contribution < 1.29 is 38.9 Å². The molecule has 0 saturated carbocycles. The van der Waals surface area contributed by atoms with E-state index >= 15 is 0 Å². The number of fused-ring (bicyclic) bond motifs is 1. The molecule has 4 aromatic carbocycles. The van der Waals surface area contributed by atoms with Crippen molar-refractivity contribution in [2.45, 2.75) is 0 Å². The Morgan fingerprint density at radius 1 is 0.622 bits per heavy atom. The van der Waals surface area contributed by atoms with Crippen LogP contribution in [0.15, 0.2) is 112 Å². The van der Waals surface area contributed by atoms with Crippen molar-refractivity contribution >= 4 is 58.6 Å². The fraction of sp³-hybridized carbons (Fsp3) is 0. The number of amides is 1. The SMILES string of the molecule is O=C(/C=C/c1ccccc1C(=O)O)Nc1ccccc1C(=O)O.O=C(O)c1ccccc1/C=C/c1nc2ccccc2c(=O)o1. The minimum absolute atomic E-state index is 0.0276. The van der Waals surface area contributed by atoms with Gasteiger partial charge in [-0.1, -0.05) is 60.7 Å². The number of carbonyl (C=O) groups is 4. The number of hydrogen-bond acceptors (Lipinski definition) is 7. The van der Waals surface area contributed by atoms with Gasteiger partial charge in [0.15, 0.2) is 0 Å². The van der Waals surface area contributed by atoms with Gasteiger partial charge in [-0.05, 0) is 59.7 Å². The van der Waals surface area contributed by atoms with E-state index in [0.717, 1.165) is 6.08 Å². The average molecular weight is 605 g/mol. The van der Waals surface area contributed by atoms with Crippen LogP contribution in [-0.4, -0.2) is 44.1 Å². The van der Waals surface area contributed by atoms with Gasteiger partial charge >= 0.3 is 23.5 Å². The first kappa shape index (κ1) is 31.3. The van der Waals surface area contributed by atoms with E-state index in [1.165, 1.54) is 36.4 Å². The van der Waals surface area contributed by atoms with E-state index < -0.39 is 29.4 Å². The predicted molar refractivity (Wildman–Crippen MR) is 167 cm³/mol. The monoisotopic (exact) mass is 604 g/mol. The molecule has 0 saturated heterocycles. The van der Waals surface area contributed by atoms with Crippen LogP contribution in [0.2, 0.25) is 0 Å². The third-order valence-corrected chi connectivity index (χ3v) is 6.17. The smallest absolute Gasteiger partial charge is 0.347 e. The molecule has 5 rings (SSSR count). The van der Waals surface area contributed by atoms with E-state index in [1.54, 1.807) is 78.9 Å². The maximum atomic E-state index is 11.9. The van der Waals surface area contributed by atoms with E-state index in [0.29, 0.717) is 22.0 Å². The van der Waals surface area contributed by atoms with E-state index in [-0.39, 0.29) is 28.3 Å². The Hall–Kier alpha value is -6.62.